The summed E-state index contributed by atoms with van der Waals surface area (Å²) in [6, 6.07) is 7.38. The van der Waals surface area contributed by atoms with E-state index in [9.17, 15) is 9.59 Å². The number of ether oxygens (including phenoxy) is 1. The molecule has 2 N–H and O–H groups in total. The summed E-state index contributed by atoms with van der Waals surface area (Å²) in [5.74, 6) is -0.187. The lowest BCUT2D eigenvalue weighted by molar-refractivity contribution is -0.137. The average Bonchev–Trinajstić information content (AvgIpc) is 2.45. The van der Waals surface area contributed by atoms with Gasteiger partial charge in [0.1, 0.15) is 5.75 Å². The molecule has 0 radical (unpaired) electrons. The van der Waals surface area contributed by atoms with E-state index in [0.717, 1.165) is 11.3 Å². The molecule has 1 aliphatic heterocycles. The molecule has 6 heteroatoms. The molecule has 0 spiro atoms. The van der Waals surface area contributed by atoms with Gasteiger partial charge in [-0.15, -0.1) is 0 Å². The van der Waals surface area contributed by atoms with Crippen molar-refractivity contribution in [1.82, 2.24) is 5.43 Å². The summed E-state index contributed by atoms with van der Waals surface area (Å²) >= 11 is 0. The van der Waals surface area contributed by atoms with Gasteiger partial charge in [-0.25, -0.2) is 5.43 Å². The van der Waals surface area contributed by atoms with Crippen LogP contribution >= 0.6 is 0 Å². The second kappa shape index (κ2) is 6.70. The molecule has 1 aliphatic rings. The molecule has 1 amide bonds. The van der Waals surface area contributed by atoms with E-state index in [1.165, 1.54) is 0 Å². The number of aliphatic carboxylic acids is 1. The van der Waals surface area contributed by atoms with Crippen LogP contribution in [-0.2, 0) is 9.59 Å². The third-order valence-corrected chi connectivity index (χ3v) is 2.90. The predicted molar refractivity (Wildman–Crippen MR) is 72.7 cm³/mol. The first-order valence-electron chi connectivity index (χ1n) is 6.45. The van der Waals surface area contributed by atoms with Crippen molar-refractivity contribution in [2.45, 2.75) is 25.7 Å². The predicted octanol–water partition coefficient (Wildman–Crippen LogP) is 1.54. The first-order chi connectivity index (χ1) is 9.65. The fourth-order valence-electron chi connectivity index (χ4n) is 1.84. The summed E-state index contributed by atoms with van der Waals surface area (Å²) in [6.07, 6.45) is 1.67. The summed E-state index contributed by atoms with van der Waals surface area (Å²) in [6.45, 7) is 0.378. The van der Waals surface area contributed by atoms with Gasteiger partial charge in [0.2, 0.25) is 5.91 Å². The van der Waals surface area contributed by atoms with Gasteiger partial charge in [0.05, 0.1) is 12.3 Å². The highest BCUT2D eigenvalue weighted by molar-refractivity contribution is 6.04. The molecule has 6 nitrogen and oxygen atoms in total. The van der Waals surface area contributed by atoms with Crippen LogP contribution in [0.15, 0.2) is 29.4 Å². The fraction of sp³-hybridized carbons (Fsp3) is 0.357. The Kier molecular flexibility index (Phi) is 4.70. The van der Waals surface area contributed by atoms with E-state index in [1.54, 1.807) is 0 Å². The molecule has 0 fully saturated rings. The number of rotatable bonds is 6. The van der Waals surface area contributed by atoms with E-state index >= 15 is 0 Å². The number of nitrogens with zero attached hydrogens (tertiary/aromatic N) is 1. The number of carboxylic acid groups (broad SMARTS) is 1. The molecule has 0 bridgehead atoms. The van der Waals surface area contributed by atoms with Crippen LogP contribution in [0.5, 0.6) is 5.75 Å². The Labute approximate surface area is 116 Å². The third-order valence-electron chi connectivity index (χ3n) is 2.90. The molecule has 0 unspecified atom stereocenters. The fourth-order valence-corrected chi connectivity index (χ4v) is 1.84. The highest BCUT2D eigenvalue weighted by Gasteiger charge is 2.12. The second-order valence-corrected chi connectivity index (χ2v) is 4.46. The number of carboxylic acids is 1. The highest BCUT2D eigenvalue weighted by atomic mass is 16.5. The molecule has 0 saturated heterocycles. The monoisotopic (exact) mass is 276 g/mol. The minimum Gasteiger partial charge on any atom is -0.494 e. The number of hydrogen-bond donors (Lipinski definition) is 2. The molecule has 1 heterocycles. The quantitative estimate of drug-likeness (QED) is 0.771. The van der Waals surface area contributed by atoms with Gasteiger partial charge in [0.15, 0.2) is 0 Å². The van der Waals surface area contributed by atoms with Gasteiger partial charge < -0.3 is 9.84 Å². The number of carbonyl (C=O) groups is 2. The van der Waals surface area contributed by atoms with Crippen LogP contribution in [0.4, 0.5) is 0 Å². The molecule has 1 aromatic rings. The summed E-state index contributed by atoms with van der Waals surface area (Å²) in [5, 5.41) is 12.5. The molecule has 1 aromatic carbocycles. The van der Waals surface area contributed by atoms with Gasteiger partial charge in [-0.2, -0.15) is 5.10 Å². The van der Waals surface area contributed by atoms with E-state index in [-0.39, 0.29) is 12.3 Å². The summed E-state index contributed by atoms with van der Waals surface area (Å²) < 4.78 is 5.44. The molecular formula is C14H16N2O4. The Bertz CT molecular complexity index is 522. The normalized spacial score (nSPS) is 14.4. The van der Waals surface area contributed by atoms with Crippen molar-refractivity contribution in [1.29, 1.82) is 0 Å². The largest absolute Gasteiger partial charge is 0.494 e. The number of amides is 1. The van der Waals surface area contributed by atoms with Crippen LogP contribution < -0.4 is 10.2 Å². The van der Waals surface area contributed by atoms with Gasteiger partial charge in [0.25, 0.3) is 0 Å². The minimum atomic E-state index is -0.818. The third kappa shape index (κ3) is 4.08. The molecule has 2 rings (SSSR count). The molecule has 20 heavy (non-hydrogen) atoms. The van der Waals surface area contributed by atoms with Crippen LogP contribution in [0.25, 0.3) is 0 Å². The smallest absolute Gasteiger partial charge is 0.303 e. The molecular weight excluding hydrogens is 260 g/mol. The Morgan fingerprint density at radius 1 is 1.30 bits per heavy atom. The highest BCUT2D eigenvalue weighted by Crippen LogP contribution is 2.16. The van der Waals surface area contributed by atoms with Crippen molar-refractivity contribution in [3.8, 4) is 5.75 Å². The van der Waals surface area contributed by atoms with E-state index in [0.29, 0.717) is 31.6 Å². The number of hydrazone groups is 1. The Morgan fingerprint density at radius 2 is 2.05 bits per heavy atom. The van der Waals surface area contributed by atoms with Crippen molar-refractivity contribution >= 4 is 17.6 Å². The van der Waals surface area contributed by atoms with E-state index in [2.05, 4.69) is 10.5 Å². The molecule has 0 atom stereocenters. The maximum Gasteiger partial charge on any atom is 0.303 e. The summed E-state index contributed by atoms with van der Waals surface area (Å²) in [5.41, 5.74) is 4.26. The Hall–Kier alpha value is -2.37. The zero-order valence-corrected chi connectivity index (χ0v) is 11.0. The maximum atomic E-state index is 11.0. The Balaban J connectivity index is 1.86. The van der Waals surface area contributed by atoms with Gasteiger partial charge in [-0.1, -0.05) is 0 Å². The molecule has 0 aliphatic carbocycles. The van der Waals surface area contributed by atoms with Crippen molar-refractivity contribution in [3.63, 3.8) is 0 Å². The summed E-state index contributed by atoms with van der Waals surface area (Å²) in [4.78, 5) is 21.4. The lowest BCUT2D eigenvalue weighted by atomic mass is 10.0. The van der Waals surface area contributed by atoms with Gasteiger partial charge in [0, 0.05) is 19.3 Å². The first kappa shape index (κ1) is 14.0. The van der Waals surface area contributed by atoms with Crippen LogP contribution in [0.3, 0.4) is 0 Å². The zero-order chi connectivity index (χ0) is 14.4. The van der Waals surface area contributed by atoms with Crippen molar-refractivity contribution in [2.75, 3.05) is 6.61 Å². The average molecular weight is 276 g/mol. The maximum absolute atomic E-state index is 11.0. The minimum absolute atomic E-state index is 0.0628. The first-order valence-corrected chi connectivity index (χ1v) is 6.45. The van der Waals surface area contributed by atoms with Crippen LogP contribution in [0.1, 0.15) is 31.2 Å². The van der Waals surface area contributed by atoms with Gasteiger partial charge in [-0.05, 0) is 36.2 Å². The summed E-state index contributed by atoms with van der Waals surface area (Å²) in [7, 11) is 0. The molecule has 0 saturated carbocycles. The molecule has 0 aromatic heterocycles. The van der Waals surface area contributed by atoms with Crippen molar-refractivity contribution in [2.24, 2.45) is 5.10 Å². The zero-order valence-electron chi connectivity index (χ0n) is 11.0. The standard InChI is InChI=1S/C14H16N2O4/c17-13-8-7-12(15-16-13)10-3-5-11(6-4-10)20-9-1-2-14(18)19/h3-6H,1-2,7-9H2,(H,16,17)(H,18,19). The van der Waals surface area contributed by atoms with Crippen molar-refractivity contribution < 1.29 is 19.4 Å². The number of benzene rings is 1. The SMILES string of the molecule is O=C(O)CCCOc1ccc(C2=NNC(=O)CC2)cc1. The van der Waals surface area contributed by atoms with E-state index in [1.807, 2.05) is 24.3 Å². The van der Waals surface area contributed by atoms with Crippen molar-refractivity contribution in [3.05, 3.63) is 29.8 Å². The topological polar surface area (TPSA) is 88.0 Å². The van der Waals surface area contributed by atoms with Crippen LogP contribution in [0.2, 0.25) is 0 Å². The van der Waals surface area contributed by atoms with Crippen LogP contribution in [0, 0.1) is 0 Å². The Morgan fingerprint density at radius 3 is 2.65 bits per heavy atom. The lowest BCUT2D eigenvalue weighted by Gasteiger charge is -2.12. The second-order valence-electron chi connectivity index (χ2n) is 4.46. The molecule has 106 valence electrons. The van der Waals surface area contributed by atoms with E-state index < -0.39 is 5.97 Å². The van der Waals surface area contributed by atoms with E-state index in [4.69, 9.17) is 9.84 Å². The number of carbonyl (C=O) groups excluding carboxylic acids is 1. The number of hydrogen-bond acceptors (Lipinski definition) is 4. The van der Waals surface area contributed by atoms with Crippen LogP contribution in [-0.4, -0.2) is 29.3 Å². The lowest BCUT2D eigenvalue weighted by Crippen LogP contribution is -2.25. The van der Waals surface area contributed by atoms with Gasteiger partial charge >= 0.3 is 5.97 Å². The number of nitrogens with one attached hydrogen (secondary N) is 1. The van der Waals surface area contributed by atoms with Gasteiger partial charge in [-0.3, -0.25) is 9.59 Å².